The SMILES string of the molecule is CCC(C)C(N)C(=O)NC(CC(N)=O)C(=O)NC(C)C(=O)NC(C(=O)O)C(C)C. The summed E-state index contributed by atoms with van der Waals surface area (Å²) in [6.07, 6.45) is 0.155. The van der Waals surface area contributed by atoms with Crippen molar-refractivity contribution in [3.05, 3.63) is 0 Å². The Balaban J connectivity index is 5.13. The standard InChI is InChI=1S/C18H33N5O6/c1-6-9(4)13(20)17(27)22-11(7-12(19)24)16(26)21-10(5)15(25)23-14(8(2)3)18(28)29/h8-11,13-14H,6-7,20H2,1-5H3,(H2,19,24)(H,21,26)(H,22,27)(H,23,25)(H,28,29). The van der Waals surface area contributed by atoms with Crippen LogP contribution >= 0.6 is 0 Å². The molecule has 0 aliphatic carbocycles. The Hall–Kier alpha value is -2.69. The van der Waals surface area contributed by atoms with Crippen LogP contribution < -0.4 is 27.4 Å². The van der Waals surface area contributed by atoms with Gasteiger partial charge in [-0.3, -0.25) is 19.2 Å². The first-order chi connectivity index (χ1) is 13.3. The zero-order valence-corrected chi connectivity index (χ0v) is 17.5. The quantitative estimate of drug-likeness (QED) is 0.222. The van der Waals surface area contributed by atoms with E-state index in [1.807, 2.05) is 6.92 Å². The molecule has 8 N–H and O–H groups in total. The summed E-state index contributed by atoms with van der Waals surface area (Å²) >= 11 is 0. The molecule has 5 unspecified atom stereocenters. The molecule has 11 nitrogen and oxygen atoms in total. The fourth-order valence-electron chi connectivity index (χ4n) is 2.36. The first kappa shape index (κ1) is 26.3. The van der Waals surface area contributed by atoms with Gasteiger partial charge < -0.3 is 32.5 Å². The molecule has 11 heteroatoms. The van der Waals surface area contributed by atoms with Crippen LogP contribution in [0.15, 0.2) is 0 Å². The second-order valence-electron chi connectivity index (χ2n) is 7.44. The molecule has 0 fully saturated rings. The van der Waals surface area contributed by atoms with E-state index in [-0.39, 0.29) is 11.8 Å². The van der Waals surface area contributed by atoms with E-state index in [1.54, 1.807) is 20.8 Å². The van der Waals surface area contributed by atoms with Crippen LogP contribution in [0, 0.1) is 11.8 Å². The summed E-state index contributed by atoms with van der Waals surface area (Å²) in [6, 6.07) is -4.44. The number of nitrogens with one attached hydrogen (secondary N) is 3. The van der Waals surface area contributed by atoms with Crippen molar-refractivity contribution in [3.63, 3.8) is 0 Å². The third-order valence-corrected chi connectivity index (χ3v) is 4.58. The summed E-state index contributed by atoms with van der Waals surface area (Å²) in [4.78, 5) is 59.4. The molecule has 5 atom stereocenters. The molecule has 0 saturated carbocycles. The Morgan fingerprint density at radius 2 is 1.45 bits per heavy atom. The highest BCUT2D eigenvalue weighted by molar-refractivity contribution is 5.96. The zero-order valence-electron chi connectivity index (χ0n) is 17.5. The average molecular weight is 415 g/mol. The van der Waals surface area contributed by atoms with Gasteiger partial charge in [0.25, 0.3) is 0 Å². The molecule has 0 radical (unpaired) electrons. The molecule has 0 heterocycles. The van der Waals surface area contributed by atoms with Crippen molar-refractivity contribution >= 4 is 29.6 Å². The van der Waals surface area contributed by atoms with Gasteiger partial charge in [-0.25, -0.2) is 4.79 Å². The Labute approximate surface area is 170 Å². The van der Waals surface area contributed by atoms with E-state index in [9.17, 15) is 24.0 Å². The zero-order chi connectivity index (χ0) is 22.9. The van der Waals surface area contributed by atoms with Crippen molar-refractivity contribution in [1.29, 1.82) is 0 Å². The molecule has 0 aromatic heterocycles. The van der Waals surface area contributed by atoms with Gasteiger partial charge in [0.1, 0.15) is 18.1 Å². The maximum absolute atomic E-state index is 12.5. The van der Waals surface area contributed by atoms with Gasteiger partial charge in [-0.1, -0.05) is 34.1 Å². The van der Waals surface area contributed by atoms with E-state index in [1.165, 1.54) is 6.92 Å². The molecular formula is C18H33N5O6. The minimum Gasteiger partial charge on any atom is -0.480 e. The second-order valence-corrected chi connectivity index (χ2v) is 7.44. The van der Waals surface area contributed by atoms with Crippen molar-refractivity contribution in [2.75, 3.05) is 0 Å². The predicted octanol–water partition coefficient (Wildman–Crippen LogP) is -1.55. The van der Waals surface area contributed by atoms with Crippen LogP contribution in [0.3, 0.4) is 0 Å². The molecule has 4 amide bonds. The number of aliphatic carboxylic acids is 1. The fraction of sp³-hybridized carbons (Fsp3) is 0.722. The molecule has 0 aliphatic heterocycles. The van der Waals surface area contributed by atoms with Crippen molar-refractivity contribution < 1.29 is 29.1 Å². The molecule has 0 bridgehead atoms. The molecule has 0 saturated heterocycles. The second kappa shape index (κ2) is 12.0. The van der Waals surface area contributed by atoms with Gasteiger partial charge in [-0.05, 0) is 18.8 Å². The summed E-state index contributed by atoms with van der Waals surface area (Å²) in [6.45, 7) is 8.23. The van der Waals surface area contributed by atoms with Crippen LogP contribution in [0.2, 0.25) is 0 Å². The van der Waals surface area contributed by atoms with Gasteiger partial charge in [0.15, 0.2) is 0 Å². The highest BCUT2D eigenvalue weighted by Gasteiger charge is 2.30. The van der Waals surface area contributed by atoms with Crippen LogP contribution in [0.25, 0.3) is 0 Å². The van der Waals surface area contributed by atoms with Crippen LogP contribution in [-0.2, 0) is 24.0 Å². The predicted molar refractivity (Wildman–Crippen MR) is 105 cm³/mol. The number of hydrogen-bond acceptors (Lipinski definition) is 6. The number of nitrogens with two attached hydrogens (primary N) is 2. The van der Waals surface area contributed by atoms with E-state index in [0.717, 1.165) is 0 Å². The lowest BCUT2D eigenvalue weighted by molar-refractivity contribution is -0.143. The summed E-state index contributed by atoms with van der Waals surface area (Å²) in [5.74, 6) is -4.71. The number of rotatable bonds is 12. The van der Waals surface area contributed by atoms with Crippen molar-refractivity contribution in [1.82, 2.24) is 16.0 Å². The first-order valence-corrected chi connectivity index (χ1v) is 9.49. The number of carboxylic acids is 1. The summed E-state index contributed by atoms with van der Waals surface area (Å²) < 4.78 is 0. The minimum atomic E-state index is -1.31. The van der Waals surface area contributed by atoms with Crippen molar-refractivity contribution in [2.24, 2.45) is 23.3 Å². The van der Waals surface area contributed by atoms with Gasteiger partial charge in [-0.15, -0.1) is 0 Å². The summed E-state index contributed by atoms with van der Waals surface area (Å²) in [7, 11) is 0. The molecule has 0 aromatic rings. The molecule has 0 aromatic carbocycles. The topological polar surface area (TPSA) is 194 Å². The van der Waals surface area contributed by atoms with Crippen molar-refractivity contribution in [3.8, 4) is 0 Å². The maximum atomic E-state index is 12.5. The van der Waals surface area contributed by atoms with E-state index >= 15 is 0 Å². The van der Waals surface area contributed by atoms with Crippen molar-refractivity contribution in [2.45, 2.75) is 71.6 Å². The number of carbonyl (C=O) groups is 5. The highest BCUT2D eigenvalue weighted by Crippen LogP contribution is 2.06. The van der Waals surface area contributed by atoms with Gasteiger partial charge >= 0.3 is 5.97 Å². The van der Waals surface area contributed by atoms with E-state index in [4.69, 9.17) is 16.6 Å². The molecular weight excluding hydrogens is 382 g/mol. The van der Waals surface area contributed by atoms with Crippen LogP contribution in [0.1, 0.15) is 47.5 Å². The lowest BCUT2D eigenvalue weighted by Gasteiger charge is -2.24. The average Bonchev–Trinajstić information content (AvgIpc) is 2.62. The summed E-state index contributed by atoms with van der Waals surface area (Å²) in [5, 5.41) is 16.2. The van der Waals surface area contributed by atoms with Gasteiger partial charge in [0.2, 0.25) is 23.6 Å². The smallest absolute Gasteiger partial charge is 0.326 e. The Morgan fingerprint density at radius 1 is 0.897 bits per heavy atom. The van der Waals surface area contributed by atoms with Gasteiger partial charge in [0.05, 0.1) is 12.5 Å². The number of carboxylic acid groups (broad SMARTS) is 1. The van der Waals surface area contributed by atoms with Crippen LogP contribution in [-0.4, -0.2) is 58.9 Å². The maximum Gasteiger partial charge on any atom is 0.326 e. The highest BCUT2D eigenvalue weighted by atomic mass is 16.4. The Bertz CT molecular complexity index is 624. The van der Waals surface area contributed by atoms with Crippen LogP contribution in [0.4, 0.5) is 0 Å². The lowest BCUT2D eigenvalue weighted by Crippen LogP contribution is -2.58. The third-order valence-electron chi connectivity index (χ3n) is 4.58. The Morgan fingerprint density at radius 3 is 1.86 bits per heavy atom. The molecule has 0 aliphatic rings. The Kier molecular flexibility index (Phi) is 10.9. The molecule has 0 rings (SSSR count). The lowest BCUT2D eigenvalue weighted by atomic mass is 9.99. The fourth-order valence-corrected chi connectivity index (χ4v) is 2.36. The molecule has 29 heavy (non-hydrogen) atoms. The van der Waals surface area contributed by atoms with E-state index < -0.39 is 60.2 Å². The molecule has 0 spiro atoms. The monoisotopic (exact) mass is 415 g/mol. The number of carbonyl (C=O) groups excluding carboxylic acids is 4. The minimum absolute atomic E-state index is 0.152. The van der Waals surface area contributed by atoms with E-state index in [2.05, 4.69) is 16.0 Å². The van der Waals surface area contributed by atoms with Gasteiger partial charge in [-0.2, -0.15) is 0 Å². The number of hydrogen-bond donors (Lipinski definition) is 6. The van der Waals surface area contributed by atoms with E-state index in [0.29, 0.717) is 6.42 Å². The van der Waals surface area contributed by atoms with Gasteiger partial charge in [0, 0.05) is 0 Å². The largest absolute Gasteiger partial charge is 0.480 e. The molecule has 166 valence electrons. The number of amides is 4. The first-order valence-electron chi connectivity index (χ1n) is 9.49. The van der Waals surface area contributed by atoms with Crippen LogP contribution in [0.5, 0.6) is 0 Å². The number of primary amides is 1. The third kappa shape index (κ3) is 8.90. The normalized spacial score (nSPS) is 16.1. The summed E-state index contributed by atoms with van der Waals surface area (Å²) in [5.41, 5.74) is 11.0.